The summed E-state index contributed by atoms with van der Waals surface area (Å²) in [5.74, 6) is 0.829. The van der Waals surface area contributed by atoms with Crippen molar-refractivity contribution in [2.75, 3.05) is 61.3 Å². The summed E-state index contributed by atoms with van der Waals surface area (Å²) in [5, 5.41) is 6.33. The van der Waals surface area contributed by atoms with Crippen LogP contribution in [0, 0.1) is 0 Å². The van der Waals surface area contributed by atoms with Gasteiger partial charge in [-0.15, -0.1) is 13.2 Å². The van der Waals surface area contributed by atoms with Crippen molar-refractivity contribution in [2.24, 2.45) is 0 Å². The normalized spacial score (nSPS) is 22.3. The number of rotatable bonds is 11. The lowest BCUT2D eigenvalue weighted by Crippen LogP contribution is -2.65. The van der Waals surface area contributed by atoms with Crippen LogP contribution in [0.3, 0.4) is 0 Å². The molecule has 0 aliphatic carbocycles. The van der Waals surface area contributed by atoms with E-state index in [4.69, 9.17) is 4.74 Å². The molecule has 2 N–H and O–H groups in total. The molecule has 3 fully saturated rings. The van der Waals surface area contributed by atoms with Crippen molar-refractivity contribution in [3.05, 3.63) is 67.3 Å². The molecule has 3 aliphatic rings. The average molecular weight is 546 g/mol. The summed E-state index contributed by atoms with van der Waals surface area (Å²) in [6.07, 6.45) is 2.97. The molecule has 0 spiro atoms. The summed E-state index contributed by atoms with van der Waals surface area (Å²) in [6, 6.07) is 11.5. The number of Topliss-reactive ketones (excluding diaryl/α,β-unsaturated/α-hetero) is 1. The van der Waals surface area contributed by atoms with Crippen LogP contribution in [0.4, 0.5) is 17.6 Å². The smallest absolute Gasteiger partial charge is 0.259 e. The first-order valence-electron chi connectivity index (χ1n) is 13.6. The number of ketones is 1. The molecule has 1 aromatic heterocycles. The van der Waals surface area contributed by atoms with Crippen LogP contribution in [0.15, 0.2) is 61.7 Å². The Hall–Kier alpha value is -4.25. The second kappa shape index (κ2) is 11.9. The highest BCUT2D eigenvalue weighted by Crippen LogP contribution is 2.41. The number of nitrogens with one attached hydrogen (secondary N) is 2. The minimum atomic E-state index is -1.59. The van der Waals surface area contributed by atoms with Crippen molar-refractivity contribution in [3.63, 3.8) is 0 Å². The number of fused-ring (bicyclic) bond motifs is 1. The molecular weight excluding hydrogens is 510 g/mol. The Morgan fingerprint density at radius 3 is 2.48 bits per heavy atom. The zero-order valence-corrected chi connectivity index (χ0v) is 22.6. The molecule has 3 saturated heterocycles. The molecule has 0 saturated carbocycles. The first-order valence-corrected chi connectivity index (χ1v) is 13.6. The lowest BCUT2D eigenvalue weighted by Gasteiger charge is -2.41. The van der Waals surface area contributed by atoms with Gasteiger partial charge in [-0.1, -0.05) is 42.5 Å². The predicted octanol–water partition coefficient (Wildman–Crippen LogP) is 1.85. The fourth-order valence-electron chi connectivity index (χ4n) is 5.66. The second-order valence-corrected chi connectivity index (χ2v) is 10.0. The van der Waals surface area contributed by atoms with Gasteiger partial charge in [0, 0.05) is 51.9 Å². The van der Waals surface area contributed by atoms with Crippen LogP contribution in [0.25, 0.3) is 0 Å². The van der Waals surface area contributed by atoms with Crippen molar-refractivity contribution >= 4 is 35.2 Å². The number of hydrogen-bond acceptors (Lipinski definition) is 9. The van der Waals surface area contributed by atoms with Gasteiger partial charge >= 0.3 is 0 Å². The molecule has 1 aromatic carbocycles. The third-order valence-corrected chi connectivity index (χ3v) is 7.60. The molecule has 2 amide bonds. The van der Waals surface area contributed by atoms with E-state index in [0.29, 0.717) is 64.0 Å². The number of ether oxygens (including phenoxy) is 1. The molecule has 2 aromatic rings. The lowest BCUT2D eigenvalue weighted by atomic mass is 9.87. The fraction of sp³-hybridized carbons (Fsp3) is 0.414. The highest BCUT2D eigenvalue weighted by Gasteiger charge is 2.67. The van der Waals surface area contributed by atoms with Crippen molar-refractivity contribution in [1.29, 1.82) is 0 Å². The van der Waals surface area contributed by atoms with Gasteiger partial charge < -0.3 is 30.1 Å². The van der Waals surface area contributed by atoms with Crippen LogP contribution in [0.1, 0.15) is 18.4 Å². The van der Waals surface area contributed by atoms with Crippen LogP contribution in [0.5, 0.6) is 0 Å². The summed E-state index contributed by atoms with van der Waals surface area (Å²) in [4.78, 5) is 54.6. The standard InChI is InChI=1S/C29H35N7O4/c1-3-11-30-24-19-25(33-28(32-24)31-12-4-2)34-14-16-35(17-15-34)27(39)29-22(37)18-26(38)36(29)13-10-23(29)40-20-21-8-6-5-7-9-21/h3-9,19,23H,1-2,10-18,20H2,(H2,30,31,32,33). The zero-order valence-electron chi connectivity index (χ0n) is 22.6. The van der Waals surface area contributed by atoms with Gasteiger partial charge in [0.2, 0.25) is 17.4 Å². The quantitative estimate of drug-likeness (QED) is 0.322. The van der Waals surface area contributed by atoms with Gasteiger partial charge in [-0.2, -0.15) is 9.97 Å². The summed E-state index contributed by atoms with van der Waals surface area (Å²) in [6.45, 7) is 10.9. The van der Waals surface area contributed by atoms with Gasteiger partial charge in [-0.25, -0.2) is 0 Å². The minimum Gasteiger partial charge on any atom is -0.370 e. The molecule has 11 heteroatoms. The molecule has 2 atom stereocenters. The molecule has 210 valence electrons. The molecule has 2 unspecified atom stereocenters. The second-order valence-electron chi connectivity index (χ2n) is 10.0. The summed E-state index contributed by atoms with van der Waals surface area (Å²) < 4.78 is 6.20. The maximum absolute atomic E-state index is 14.1. The average Bonchev–Trinajstić information content (AvgIpc) is 3.49. The fourth-order valence-corrected chi connectivity index (χ4v) is 5.66. The number of carbonyl (C=O) groups excluding carboxylic acids is 3. The van der Waals surface area contributed by atoms with Crippen molar-refractivity contribution in [1.82, 2.24) is 19.8 Å². The monoisotopic (exact) mass is 545 g/mol. The van der Waals surface area contributed by atoms with E-state index in [2.05, 4.69) is 38.7 Å². The van der Waals surface area contributed by atoms with Gasteiger partial charge in [0.05, 0.1) is 19.1 Å². The van der Waals surface area contributed by atoms with Gasteiger partial charge in [0.15, 0.2) is 5.78 Å². The van der Waals surface area contributed by atoms with E-state index in [9.17, 15) is 14.4 Å². The number of benzene rings is 1. The minimum absolute atomic E-state index is 0.265. The highest BCUT2D eigenvalue weighted by molar-refractivity contribution is 6.23. The number of hydrogen-bond donors (Lipinski definition) is 2. The summed E-state index contributed by atoms with van der Waals surface area (Å²) in [7, 11) is 0. The molecule has 40 heavy (non-hydrogen) atoms. The Bertz CT molecular complexity index is 1250. The third kappa shape index (κ3) is 5.16. The number of piperazine rings is 1. The SMILES string of the molecule is C=CCNc1cc(N2CCN(C(=O)C34C(=O)CC(=O)N3CCC4OCc3ccccc3)CC2)nc(NCC=C)n1. The number of aromatic nitrogens is 2. The maximum atomic E-state index is 14.1. The van der Waals surface area contributed by atoms with Gasteiger partial charge in [-0.3, -0.25) is 14.4 Å². The van der Waals surface area contributed by atoms with Crippen molar-refractivity contribution in [2.45, 2.75) is 31.1 Å². The van der Waals surface area contributed by atoms with Crippen molar-refractivity contribution < 1.29 is 19.1 Å². The molecule has 3 aliphatic heterocycles. The summed E-state index contributed by atoms with van der Waals surface area (Å²) in [5.41, 5.74) is -0.644. The Balaban J connectivity index is 1.32. The predicted molar refractivity (Wildman–Crippen MR) is 152 cm³/mol. The highest BCUT2D eigenvalue weighted by atomic mass is 16.5. The first kappa shape index (κ1) is 27.3. The van der Waals surface area contributed by atoms with Crippen LogP contribution in [-0.2, 0) is 25.7 Å². The van der Waals surface area contributed by atoms with E-state index in [0.717, 1.165) is 11.4 Å². The Morgan fingerprint density at radius 1 is 1.02 bits per heavy atom. The van der Waals surface area contributed by atoms with Gasteiger partial charge in [0.1, 0.15) is 11.6 Å². The first-order chi connectivity index (χ1) is 19.5. The van der Waals surface area contributed by atoms with E-state index in [1.54, 1.807) is 17.1 Å². The van der Waals surface area contributed by atoms with E-state index >= 15 is 0 Å². The lowest BCUT2D eigenvalue weighted by molar-refractivity contribution is -0.158. The molecule has 5 rings (SSSR count). The number of nitrogens with zero attached hydrogens (tertiary/aromatic N) is 5. The summed E-state index contributed by atoms with van der Waals surface area (Å²) >= 11 is 0. The molecule has 4 heterocycles. The number of carbonyl (C=O) groups is 3. The Labute approximate surface area is 233 Å². The van der Waals surface area contributed by atoms with Crippen LogP contribution < -0.4 is 15.5 Å². The van der Waals surface area contributed by atoms with Crippen LogP contribution >= 0.6 is 0 Å². The number of amides is 2. The third-order valence-electron chi connectivity index (χ3n) is 7.60. The zero-order chi connectivity index (χ0) is 28.1. The van der Waals surface area contributed by atoms with Crippen molar-refractivity contribution in [3.8, 4) is 0 Å². The largest absolute Gasteiger partial charge is 0.370 e. The van der Waals surface area contributed by atoms with E-state index in [1.165, 1.54) is 4.90 Å². The molecular formula is C29H35N7O4. The van der Waals surface area contributed by atoms with Gasteiger partial charge in [0.25, 0.3) is 5.91 Å². The molecule has 0 bridgehead atoms. The van der Waals surface area contributed by atoms with Crippen LogP contribution in [-0.4, -0.2) is 94.8 Å². The molecule has 0 radical (unpaired) electrons. The topological polar surface area (TPSA) is 120 Å². The van der Waals surface area contributed by atoms with E-state index in [1.807, 2.05) is 36.4 Å². The molecule has 11 nitrogen and oxygen atoms in total. The Morgan fingerprint density at radius 2 is 1.75 bits per heavy atom. The van der Waals surface area contributed by atoms with Gasteiger partial charge in [-0.05, 0) is 12.0 Å². The maximum Gasteiger partial charge on any atom is 0.259 e. The van der Waals surface area contributed by atoms with Crippen LogP contribution in [0.2, 0.25) is 0 Å². The van der Waals surface area contributed by atoms with E-state index < -0.39 is 11.6 Å². The van der Waals surface area contributed by atoms with E-state index in [-0.39, 0.29) is 30.6 Å². The Kier molecular flexibility index (Phi) is 8.11. The number of anilines is 3.